The van der Waals surface area contributed by atoms with Crippen LogP contribution in [0.2, 0.25) is 0 Å². The summed E-state index contributed by atoms with van der Waals surface area (Å²) in [4.78, 5) is 0.226. The molecule has 0 unspecified atom stereocenters. The van der Waals surface area contributed by atoms with Crippen LogP contribution in [0.4, 0.5) is 5.69 Å². The molecule has 1 rings (SSSR count). The Morgan fingerprint density at radius 1 is 1.23 bits per heavy atom. The maximum absolute atomic E-state index is 11.1. The second-order valence-electron chi connectivity index (χ2n) is 3.11. The molecule has 0 heterocycles. The highest BCUT2D eigenvalue weighted by molar-refractivity contribution is 5.48. The Morgan fingerprint density at radius 2 is 1.69 bits per heavy atom. The molecule has 0 fully saturated rings. The lowest BCUT2D eigenvalue weighted by Crippen LogP contribution is -1.97. The second kappa shape index (κ2) is 3.43. The predicted octanol–water partition coefficient (Wildman–Crippen LogP) is 2.60. The number of benzene rings is 1. The van der Waals surface area contributed by atoms with E-state index in [1.807, 2.05) is 32.9 Å². The average Bonchev–Trinajstić information content (AvgIpc) is 2.02. The molecule has 1 aromatic carbocycles. The predicted molar refractivity (Wildman–Crippen MR) is 48.2 cm³/mol. The van der Waals surface area contributed by atoms with Gasteiger partial charge in [-0.1, -0.05) is 5.56 Å². The first-order valence-electron chi connectivity index (χ1n) is 3.96. The van der Waals surface area contributed by atoms with Gasteiger partial charge in [0.2, 0.25) is 5.28 Å². The zero-order valence-corrected chi connectivity index (χ0v) is 7.90. The smallest absolute Gasteiger partial charge is 0.254 e. The minimum atomic E-state index is 0.226. The van der Waals surface area contributed by atoms with Gasteiger partial charge in [-0.25, -0.2) is 0 Å². The van der Waals surface area contributed by atoms with Crippen LogP contribution in [0.25, 0.3) is 0 Å². The third kappa shape index (κ3) is 1.77. The molecule has 1 aromatic rings. The molecule has 0 amide bonds. The van der Waals surface area contributed by atoms with Crippen molar-refractivity contribution < 1.29 is 10.1 Å². The van der Waals surface area contributed by atoms with Crippen molar-refractivity contribution in [3.63, 3.8) is 0 Å². The van der Waals surface area contributed by atoms with E-state index in [2.05, 4.69) is 5.28 Å². The van der Waals surface area contributed by atoms with E-state index >= 15 is 0 Å². The summed E-state index contributed by atoms with van der Waals surface area (Å²) < 4.78 is 0. The maximum Gasteiger partial charge on any atom is 0.254 e. The van der Waals surface area contributed by atoms with Gasteiger partial charge in [-0.05, 0) is 37.8 Å². The Bertz CT molecular complexity index is 336. The number of nitrogens with zero attached hydrogens (tertiary/aromatic N) is 2. The molecule has 0 atom stereocenters. The highest BCUT2D eigenvalue weighted by Gasteiger charge is 2.12. The third-order valence-electron chi connectivity index (χ3n) is 1.91. The fraction of sp³-hybridized carbons (Fsp3) is 0.333. The van der Waals surface area contributed by atoms with Crippen LogP contribution in [0.1, 0.15) is 16.7 Å². The van der Waals surface area contributed by atoms with Crippen molar-refractivity contribution in [2.45, 2.75) is 20.8 Å². The number of aryl methyl sites for hydroxylation is 3. The van der Waals surface area contributed by atoms with Gasteiger partial charge in [0, 0.05) is 11.1 Å². The van der Waals surface area contributed by atoms with Crippen LogP contribution in [-0.2, 0) is 0 Å². The Balaban J connectivity index is 3.37. The molecule has 4 nitrogen and oxygen atoms in total. The lowest BCUT2D eigenvalue weighted by atomic mass is 10.1. The molecule has 13 heavy (non-hydrogen) atoms. The zero-order valence-electron chi connectivity index (χ0n) is 7.90. The van der Waals surface area contributed by atoms with E-state index in [1.165, 1.54) is 0 Å². The lowest BCUT2D eigenvalue weighted by Gasteiger charge is -2.05. The molecular formula is C9H12N2O2. The standard InChI is InChI=1S/C9H12N2O2/c1-6-4-7(2)9(8(3)5-6)11(13)10-12/h4-5,12H,1-3H3. The lowest BCUT2D eigenvalue weighted by molar-refractivity contribution is -0.474. The largest absolute Gasteiger partial charge is 0.592 e. The minimum absolute atomic E-state index is 0.226. The van der Waals surface area contributed by atoms with Crippen molar-refractivity contribution in [2.75, 3.05) is 0 Å². The van der Waals surface area contributed by atoms with Gasteiger partial charge in [0.25, 0.3) is 5.69 Å². The van der Waals surface area contributed by atoms with Gasteiger partial charge >= 0.3 is 0 Å². The van der Waals surface area contributed by atoms with Crippen molar-refractivity contribution in [2.24, 2.45) is 5.28 Å². The topological polar surface area (TPSA) is 58.7 Å². The molecule has 0 spiro atoms. The van der Waals surface area contributed by atoms with E-state index in [1.54, 1.807) is 0 Å². The van der Waals surface area contributed by atoms with Gasteiger partial charge in [0.05, 0.1) is 0 Å². The molecule has 70 valence electrons. The molecule has 0 bridgehead atoms. The summed E-state index contributed by atoms with van der Waals surface area (Å²) in [7, 11) is 0. The highest BCUT2D eigenvalue weighted by atomic mass is 16.6. The van der Waals surface area contributed by atoms with Gasteiger partial charge in [0.1, 0.15) is 0 Å². The van der Waals surface area contributed by atoms with Gasteiger partial charge in [0.15, 0.2) is 0 Å². The van der Waals surface area contributed by atoms with Gasteiger partial charge in [-0.2, -0.15) is 0 Å². The maximum atomic E-state index is 11.1. The van der Waals surface area contributed by atoms with Gasteiger partial charge in [-0.3, -0.25) is 0 Å². The van der Waals surface area contributed by atoms with E-state index in [9.17, 15) is 5.21 Å². The van der Waals surface area contributed by atoms with Crippen LogP contribution in [0.15, 0.2) is 17.4 Å². The number of hydrogen-bond acceptors (Lipinski definition) is 2. The summed E-state index contributed by atoms with van der Waals surface area (Å²) in [5.41, 5.74) is 3.12. The molecule has 0 saturated heterocycles. The van der Waals surface area contributed by atoms with Crippen LogP contribution < -0.4 is 0 Å². The van der Waals surface area contributed by atoms with Crippen LogP contribution >= 0.6 is 0 Å². The molecule has 0 aliphatic carbocycles. The summed E-state index contributed by atoms with van der Waals surface area (Å²) in [6.07, 6.45) is 0. The van der Waals surface area contributed by atoms with Crippen LogP contribution in [0.3, 0.4) is 0 Å². The highest BCUT2D eigenvalue weighted by Crippen LogP contribution is 2.24. The van der Waals surface area contributed by atoms with Crippen molar-refractivity contribution in [1.29, 1.82) is 0 Å². The monoisotopic (exact) mass is 180 g/mol. The fourth-order valence-corrected chi connectivity index (χ4v) is 1.52. The minimum Gasteiger partial charge on any atom is -0.592 e. The molecule has 0 saturated carbocycles. The van der Waals surface area contributed by atoms with E-state index in [0.29, 0.717) is 5.69 Å². The third-order valence-corrected chi connectivity index (χ3v) is 1.91. The average molecular weight is 180 g/mol. The first-order chi connectivity index (χ1) is 6.06. The fourth-order valence-electron chi connectivity index (χ4n) is 1.52. The number of hydrogen-bond donors (Lipinski definition) is 1. The second-order valence-corrected chi connectivity index (χ2v) is 3.11. The van der Waals surface area contributed by atoms with Crippen molar-refractivity contribution in [3.8, 4) is 0 Å². The van der Waals surface area contributed by atoms with Crippen molar-refractivity contribution in [1.82, 2.24) is 0 Å². The van der Waals surface area contributed by atoms with Gasteiger partial charge < -0.3 is 10.4 Å². The molecule has 1 N–H and O–H groups in total. The Hall–Kier alpha value is -1.58. The molecule has 4 heteroatoms. The molecule has 0 aromatic heterocycles. The Labute approximate surface area is 76.7 Å². The Kier molecular flexibility index (Phi) is 2.51. The van der Waals surface area contributed by atoms with E-state index < -0.39 is 0 Å². The van der Waals surface area contributed by atoms with E-state index in [0.717, 1.165) is 16.7 Å². The Morgan fingerprint density at radius 3 is 2.08 bits per heavy atom. The zero-order chi connectivity index (χ0) is 10.0. The summed E-state index contributed by atoms with van der Waals surface area (Å²) in [5.74, 6) is 0. The van der Waals surface area contributed by atoms with Crippen LogP contribution in [0, 0.1) is 26.0 Å². The summed E-state index contributed by atoms with van der Waals surface area (Å²) in [5, 5.41) is 22.0. The van der Waals surface area contributed by atoms with Crippen LogP contribution in [-0.4, -0.2) is 10.1 Å². The molecule has 0 radical (unpaired) electrons. The first kappa shape index (κ1) is 9.51. The summed E-state index contributed by atoms with van der Waals surface area (Å²) in [6.45, 7) is 5.58. The molecular weight excluding hydrogens is 168 g/mol. The van der Waals surface area contributed by atoms with E-state index in [-0.39, 0.29) is 4.86 Å². The summed E-state index contributed by atoms with van der Waals surface area (Å²) in [6, 6.07) is 3.75. The molecule has 0 aliphatic rings. The SMILES string of the molecule is Cc1cc(C)c([N+]([O-])=NO)c(C)c1. The molecule has 0 aliphatic heterocycles. The number of rotatable bonds is 1. The normalized spacial score (nSPS) is 11.8. The first-order valence-corrected chi connectivity index (χ1v) is 3.96. The van der Waals surface area contributed by atoms with Crippen molar-refractivity contribution >= 4 is 5.69 Å². The quantitative estimate of drug-likeness (QED) is 0.410. The summed E-state index contributed by atoms with van der Waals surface area (Å²) >= 11 is 0. The van der Waals surface area contributed by atoms with E-state index in [4.69, 9.17) is 5.21 Å². The van der Waals surface area contributed by atoms with Crippen LogP contribution in [0.5, 0.6) is 0 Å². The van der Waals surface area contributed by atoms with Crippen molar-refractivity contribution in [3.05, 3.63) is 34.0 Å². The van der Waals surface area contributed by atoms with Gasteiger partial charge in [-0.15, -0.1) is 0 Å².